The number of anilines is 3. The lowest BCUT2D eigenvalue weighted by Crippen LogP contribution is -2.36. The van der Waals surface area contributed by atoms with Gasteiger partial charge in [-0.05, 0) is 61.2 Å². The molecule has 3 aromatic rings. The van der Waals surface area contributed by atoms with Crippen LogP contribution in [0.1, 0.15) is 63.0 Å². The SMILES string of the molecule is CCCCCCC(=O)CCc1cccc(NC(=O)N2CCCNc3ccc(-c4cccc(C(F)(F)F)c4)nc32)c1. The van der Waals surface area contributed by atoms with Gasteiger partial charge in [-0.1, -0.05) is 50.5 Å². The highest BCUT2D eigenvalue weighted by atomic mass is 19.4. The second-order valence-corrected chi connectivity index (χ2v) is 10.1. The zero-order valence-electron chi connectivity index (χ0n) is 22.7. The van der Waals surface area contributed by atoms with Crippen LogP contribution in [0, 0.1) is 0 Å². The molecule has 40 heavy (non-hydrogen) atoms. The van der Waals surface area contributed by atoms with E-state index >= 15 is 0 Å². The second-order valence-electron chi connectivity index (χ2n) is 10.1. The molecule has 0 unspecified atom stereocenters. The van der Waals surface area contributed by atoms with E-state index in [0.29, 0.717) is 67.2 Å². The molecule has 0 bridgehead atoms. The predicted octanol–water partition coefficient (Wildman–Crippen LogP) is 8.09. The lowest BCUT2D eigenvalue weighted by molar-refractivity contribution is -0.137. The average molecular weight is 553 g/mol. The highest BCUT2D eigenvalue weighted by Crippen LogP contribution is 2.34. The minimum Gasteiger partial charge on any atom is -0.382 e. The number of benzene rings is 2. The number of aromatic nitrogens is 1. The summed E-state index contributed by atoms with van der Waals surface area (Å²) in [4.78, 5) is 31.8. The van der Waals surface area contributed by atoms with Crippen molar-refractivity contribution >= 4 is 29.0 Å². The van der Waals surface area contributed by atoms with Gasteiger partial charge in [-0.3, -0.25) is 9.69 Å². The minimum absolute atomic E-state index is 0.252. The number of halogens is 3. The number of pyridine rings is 1. The first kappa shape index (κ1) is 29.1. The summed E-state index contributed by atoms with van der Waals surface area (Å²) in [6.07, 6.45) is 2.18. The molecule has 2 heterocycles. The highest BCUT2D eigenvalue weighted by molar-refractivity contribution is 6.03. The highest BCUT2D eigenvalue weighted by Gasteiger charge is 2.31. The molecule has 1 aliphatic heterocycles. The quantitative estimate of drug-likeness (QED) is 0.249. The Bertz CT molecular complexity index is 1330. The Morgan fingerprint density at radius 1 is 1.00 bits per heavy atom. The Hall–Kier alpha value is -3.88. The van der Waals surface area contributed by atoms with Crippen LogP contribution < -0.4 is 15.5 Å². The van der Waals surface area contributed by atoms with E-state index in [4.69, 9.17) is 0 Å². The van der Waals surface area contributed by atoms with Crippen molar-refractivity contribution < 1.29 is 22.8 Å². The van der Waals surface area contributed by atoms with E-state index in [0.717, 1.165) is 43.4 Å². The van der Waals surface area contributed by atoms with Crippen molar-refractivity contribution in [3.05, 3.63) is 71.8 Å². The molecule has 0 radical (unpaired) electrons. The summed E-state index contributed by atoms with van der Waals surface area (Å²) in [5, 5.41) is 6.18. The van der Waals surface area contributed by atoms with E-state index in [-0.39, 0.29) is 11.8 Å². The third-order valence-corrected chi connectivity index (χ3v) is 6.92. The molecule has 1 aliphatic rings. The Labute approximate surface area is 233 Å². The number of amides is 2. The topological polar surface area (TPSA) is 74.3 Å². The smallest absolute Gasteiger partial charge is 0.382 e. The van der Waals surface area contributed by atoms with Gasteiger partial charge in [0.25, 0.3) is 0 Å². The summed E-state index contributed by atoms with van der Waals surface area (Å²) < 4.78 is 39.8. The fourth-order valence-electron chi connectivity index (χ4n) is 4.72. The van der Waals surface area contributed by atoms with Crippen molar-refractivity contribution in [3.63, 3.8) is 0 Å². The molecule has 0 saturated carbocycles. The van der Waals surface area contributed by atoms with Gasteiger partial charge in [-0.2, -0.15) is 13.2 Å². The molecule has 0 spiro atoms. The fraction of sp³-hybridized carbons (Fsp3) is 0.387. The molecule has 212 valence electrons. The molecule has 9 heteroatoms. The van der Waals surface area contributed by atoms with E-state index in [9.17, 15) is 22.8 Å². The number of unbranched alkanes of at least 4 members (excludes halogenated alkanes) is 3. The number of nitrogens with one attached hydrogen (secondary N) is 2. The number of carbonyl (C=O) groups excluding carboxylic acids is 2. The number of ketones is 1. The third-order valence-electron chi connectivity index (χ3n) is 6.92. The molecule has 1 aromatic heterocycles. The number of hydrogen-bond acceptors (Lipinski definition) is 4. The van der Waals surface area contributed by atoms with Crippen molar-refractivity contribution in [3.8, 4) is 11.3 Å². The van der Waals surface area contributed by atoms with Gasteiger partial charge in [-0.15, -0.1) is 0 Å². The van der Waals surface area contributed by atoms with Gasteiger partial charge in [0.1, 0.15) is 5.78 Å². The number of carbonyl (C=O) groups is 2. The van der Waals surface area contributed by atoms with Gasteiger partial charge in [0, 0.05) is 37.2 Å². The zero-order chi connectivity index (χ0) is 28.5. The van der Waals surface area contributed by atoms with E-state index in [1.165, 1.54) is 11.0 Å². The van der Waals surface area contributed by atoms with Crippen LogP contribution in [0.15, 0.2) is 60.7 Å². The summed E-state index contributed by atoms with van der Waals surface area (Å²) in [6.45, 7) is 3.16. The Balaban J connectivity index is 1.47. The maximum atomic E-state index is 13.4. The van der Waals surface area contributed by atoms with Crippen molar-refractivity contribution in [2.45, 2.75) is 64.5 Å². The minimum atomic E-state index is -4.47. The lowest BCUT2D eigenvalue weighted by Gasteiger charge is -2.22. The summed E-state index contributed by atoms with van der Waals surface area (Å²) in [7, 11) is 0. The van der Waals surface area contributed by atoms with Crippen molar-refractivity contribution in [1.82, 2.24) is 4.98 Å². The van der Waals surface area contributed by atoms with Crippen molar-refractivity contribution in [2.24, 2.45) is 0 Å². The molecule has 4 rings (SSSR count). The van der Waals surface area contributed by atoms with Crippen LogP contribution in [0.3, 0.4) is 0 Å². The lowest BCUT2D eigenvalue weighted by atomic mass is 10.0. The van der Waals surface area contributed by atoms with Gasteiger partial charge in [-0.25, -0.2) is 9.78 Å². The summed E-state index contributed by atoms with van der Waals surface area (Å²) in [5.74, 6) is 0.608. The molecule has 0 saturated heterocycles. The predicted molar refractivity (Wildman–Crippen MR) is 153 cm³/mol. The first-order chi connectivity index (χ1) is 19.2. The maximum absolute atomic E-state index is 13.4. The fourth-order valence-corrected chi connectivity index (χ4v) is 4.72. The molecular weight excluding hydrogens is 517 g/mol. The monoisotopic (exact) mass is 552 g/mol. The first-order valence-corrected chi connectivity index (χ1v) is 13.9. The van der Waals surface area contributed by atoms with Crippen LogP contribution in [0.25, 0.3) is 11.3 Å². The third kappa shape index (κ3) is 7.83. The molecular formula is C31H35F3N4O2. The number of Topliss-reactive ketones (excluding diaryl/α,β-unsaturated/α-hetero) is 1. The number of hydrogen-bond donors (Lipinski definition) is 2. The number of aryl methyl sites for hydroxylation is 1. The van der Waals surface area contributed by atoms with Crippen LogP contribution in [0.5, 0.6) is 0 Å². The molecule has 2 aromatic carbocycles. The Morgan fingerprint density at radius 3 is 2.62 bits per heavy atom. The van der Waals surface area contributed by atoms with E-state index in [1.54, 1.807) is 24.3 Å². The summed E-state index contributed by atoms with van der Waals surface area (Å²) in [6, 6.07) is 15.4. The van der Waals surface area contributed by atoms with Gasteiger partial charge in [0.15, 0.2) is 5.82 Å². The van der Waals surface area contributed by atoms with Crippen LogP contribution in [0.4, 0.5) is 35.2 Å². The standard InChI is InChI=1S/C31H35F3N4O2/c1-2-3-4-5-13-26(39)15-14-22-9-6-12-25(20-22)36-30(40)38-19-8-18-35-28-17-16-27(37-29(28)38)23-10-7-11-24(21-23)31(32,33)34/h6-7,9-12,16-17,20-21,35H,2-5,8,13-15,18-19H2,1H3,(H,36,40). The van der Waals surface area contributed by atoms with Crippen LogP contribution >= 0.6 is 0 Å². The maximum Gasteiger partial charge on any atom is 0.416 e. The largest absolute Gasteiger partial charge is 0.416 e. The molecule has 0 fully saturated rings. The average Bonchev–Trinajstić information content (AvgIpc) is 3.16. The first-order valence-electron chi connectivity index (χ1n) is 13.9. The van der Waals surface area contributed by atoms with E-state index in [1.807, 2.05) is 18.2 Å². The van der Waals surface area contributed by atoms with Crippen LogP contribution in [-0.4, -0.2) is 29.9 Å². The molecule has 6 nitrogen and oxygen atoms in total. The van der Waals surface area contributed by atoms with Crippen molar-refractivity contribution in [1.29, 1.82) is 0 Å². The Kier molecular flexibility index (Phi) is 9.79. The Morgan fingerprint density at radius 2 is 1.82 bits per heavy atom. The van der Waals surface area contributed by atoms with Gasteiger partial charge in [0.05, 0.1) is 16.9 Å². The molecule has 2 N–H and O–H groups in total. The van der Waals surface area contributed by atoms with Gasteiger partial charge >= 0.3 is 12.2 Å². The second kappa shape index (κ2) is 13.5. The number of rotatable bonds is 10. The van der Waals surface area contributed by atoms with Crippen LogP contribution in [-0.2, 0) is 17.4 Å². The molecule has 0 aliphatic carbocycles. The van der Waals surface area contributed by atoms with Gasteiger partial charge in [0.2, 0.25) is 0 Å². The van der Waals surface area contributed by atoms with E-state index < -0.39 is 11.7 Å². The molecule has 2 amide bonds. The summed E-state index contributed by atoms with van der Waals surface area (Å²) >= 11 is 0. The van der Waals surface area contributed by atoms with Crippen LogP contribution in [0.2, 0.25) is 0 Å². The normalized spacial score (nSPS) is 13.2. The number of fused-ring (bicyclic) bond motifs is 1. The van der Waals surface area contributed by atoms with E-state index in [2.05, 4.69) is 22.5 Å². The number of alkyl halides is 3. The number of urea groups is 1. The van der Waals surface area contributed by atoms with Crippen molar-refractivity contribution in [2.75, 3.05) is 28.6 Å². The summed E-state index contributed by atoms with van der Waals surface area (Å²) in [5.41, 5.74) is 2.10. The van der Waals surface area contributed by atoms with Gasteiger partial charge < -0.3 is 10.6 Å². The number of nitrogens with zero attached hydrogens (tertiary/aromatic N) is 2. The zero-order valence-corrected chi connectivity index (χ0v) is 22.7. The molecule has 0 atom stereocenters.